The van der Waals surface area contributed by atoms with Crippen LogP contribution in [0.25, 0.3) is 5.76 Å². The lowest BCUT2D eigenvalue weighted by atomic mass is 9.88. The van der Waals surface area contributed by atoms with Crippen molar-refractivity contribution < 1.29 is 5.11 Å². The fraction of sp³-hybridized carbons (Fsp3) is 0.200. The molecule has 1 rings (SSSR count). The summed E-state index contributed by atoms with van der Waals surface area (Å²) >= 11 is 0. The van der Waals surface area contributed by atoms with Gasteiger partial charge in [0.25, 0.3) is 0 Å². The number of nitriles is 4. The van der Waals surface area contributed by atoms with Crippen molar-refractivity contribution in [2.24, 2.45) is 11.8 Å². The number of nitrogens with zero attached hydrogens (tertiary/aromatic N) is 4. The third kappa shape index (κ3) is 2.94. The van der Waals surface area contributed by atoms with Gasteiger partial charge in [0, 0.05) is 11.1 Å². The Morgan fingerprint density at radius 1 is 0.900 bits per heavy atom. The molecule has 0 aliphatic heterocycles. The highest BCUT2D eigenvalue weighted by Gasteiger charge is 2.27. The maximum atomic E-state index is 10.2. The van der Waals surface area contributed by atoms with E-state index in [-0.39, 0.29) is 11.3 Å². The third-order valence-electron chi connectivity index (χ3n) is 2.74. The lowest BCUT2D eigenvalue weighted by Crippen LogP contribution is -2.11. The second kappa shape index (κ2) is 6.60. The molecule has 0 aromatic heterocycles. The molecule has 0 aliphatic carbocycles. The minimum atomic E-state index is -1.35. The summed E-state index contributed by atoms with van der Waals surface area (Å²) in [6, 6.07) is 13.4. The number of hydrogen-bond donors (Lipinski definition) is 1. The van der Waals surface area contributed by atoms with Crippen molar-refractivity contribution in [3.05, 3.63) is 41.0 Å². The van der Waals surface area contributed by atoms with Gasteiger partial charge in [-0.3, -0.25) is 0 Å². The molecule has 0 spiro atoms. The summed E-state index contributed by atoms with van der Waals surface area (Å²) < 4.78 is 0. The van der Waals surface area contributed by atoms with Crippen LogP contribution in [0.15, 0.2) is 29.8 Å². The molecule has 0 radical (unpaired) electrons. The molecule has 0 bridgehead atoms. The van der Waals surface area contributed by atoms with Gasteiger partial charge in [-0.25, -0.2) is 0 Å². The lowest BCUT2D eigenvalue weighted by Gasteiger charge is -2.12. The van der Waals surface area contributed by atoms with Crippen molar-refractivity contribution in [2.45, 2.75) is 6.92 Å². The highest BCUT2D eigenvalue weighted by molar-refractivity contribution is 5.66. The van der Waals surface area contributed by atoms with E-state index in [2.05, 4.69) is 0 Å². The van der Waals surface area contributed by atoms with Crippen LogP contribution in [0.2, 0.25) is 0 Å². The van der Waals surface area contributed by atoms with E-state index >= 15 is 0 Å². The summed E-state index contributed by atoms with van der Waals surface area (Å²) in [5, 5.41) is 46.0. The van der Waals surface area contributed by atoms with Crippen LogP contribution in [0, 0.1) is 64.1 Å². The lowest BCUT2D eigenvalue weighted by molar-refractivity contribution is 0.498. The van der Waals surface area contributed by atoms with Crippen LogP contribution in [-0.4, -0.2) is 5.11 Å². The highest BCUT2D eigenvalue weighted by Crippen LogP contribution is 2.28. The van der Waals surface area contributed by atoms with Gasteiger partial charge in [-0.05, 0) is 6.92 Å². The van der Waals surface area contributed by atoms with Gasteiger partial charge in [0.1, 0.15) is 5.76 Å². The minimum Gasteiger partial charge on any atom is -0.507 e. The summed E-state index contributed by atoms with van der Waals surface area (Å²) in [6.07, 6.45) is 0. The van der Waals surface area contributed by atoms with Gasteiger partial charge in [-0.2, -0.15) is 21.0 Å². The molecule has 0 amide bonds. The molecule has 5 heteroatoms. The van der Waals surface area contributed by atoms with Crippen molar-refractivity contribution >= 4 is 5.76 Å². The zero-order valence-electron chi connectivity index (χ0n) is 10.7. The summed E-state index contributed by atoms with van der Waals surface area (Å²) in [5.74, 6) is -3.06. The van der Waals surface area contributed by atoms with Crippen LogP contribution >= 0.6 is 0 Å². The molecule has 0 heterocycles. The fourth-order valence-electron chi connectivity index (χ4n) is 1.65. The Labute approximate surface area is 116 Å². The predicted octanol–water partition coefficient (Wildman–Crippen LogP) is 2.59. The summed E-state index contributed by atoms with van der Waals surface area (Å²) in [5.41, 5.74) is 1.15. The number of rotatable bonds is 3. The van der Waals surface area contributed by atoms with Gasteiger partial charge in [-0.1, -0.05) is 29.8 Å². The fourth-order valence-corrected chi connectivity index (χ4v) is 1.65. The van der Waals surface area contributed by atoms with E-state index in [0.717, 1.165) is 5.56 Å². The van der Waals surface area contributed by atoms with E-state index in [9.17, 15) is 5.11 Å². The quantitative estimate of drug-likeness (QED) is 0.840. The van der Waals surface area contributed by atoms with Crippen molar-refractivity contribution in [2.75, 3.05) is 0 Å². The topological polar surface area (TPSA) is 115 Å². The van der Waals surface area contributed by atoms with Crippen LogP contribution in [0.3, 0.4) is 0 Å². The zero-order chi connectivity index (χ0) is 15.1. The molecule has 5 nitrogen and oxygen atoms in total. The van der Waals surface area contributed by atoms with E-state index in [1.54, 1.807) is 48.5 Å². The minimum absolute atomic E-state index is 0.177. The number of hydrogen-bond acceptors (Lipinski definition) is 5. The van der Waals surface area contributed by atoms with Crippen molar-refractivity contribution in [1.29, 1.82) is 21.0 Å². The normalized spacial score (nSPS) is 9.15. The van der Waals surface area contributed by atoms with Crippen LogP contribution in [0.4, 0.5) is 0 Å². The Kier molecular flexibility index (Phi) is 4.88. The van der Waals surface area contributed by atoms with Crippen molar-refractivity contribution in [3.63, 3.8) is 0 Å². The van der Waals surface area contributed by atoms with Gasteiger partial charge in [0.05, 0.1) is 24.3 Å². The maximum absolute atomic E-state index is 10.2. The molecule has 1 N–H and O–H groups in total. The molecule has 96 valence electrons. The summed E-state index contributed by atoms with van der Waals surface area (Å²) in [7, 11) is 0. The number of aryl methyl sites for hydroxylation is 1. The molecule has 1 aromatic carbocycles. The Hall–Kier alpha value is -3.28. The smallest absolute Gasteiger partial charge is 0.160 e. The highest BCUT2D eigenvalue weighted by atomic mass is 16.3. The molecule has 0 fully saturated rings. The van der Waals surface area contributed by atoms with Crippen LogP contribution in [-0.2, 0) is 0 Å². The first-order valence-corrected chi connectivity index (χ1v) is 5.67. The first-order chi connectivity index (χ1) is 9.58. The van der Waals surface area contributed by atoms with Gasteiger partial charge >= 0.3 is 0 Å². The zero-order valence-corrected chi connectivity index (χ0v) is 10.7. The van der Waals surface area contributed by atoms with Gasteiger partial charge < -0.3 is 5.11 Å². The Bertz CT molecular complexity index is 628. The largest absolute Gasteiger partial charge is 0.507 e. The molecule has 0 unspecified atom stereocenters. The van der Waals surface area contributed by atoms with E-state index in [1.807, 2.05) is 6.92 Å². The van der Waals surface area contributed by atoms with Crippen molar-refractivity contribution in [1.82, 2.24) is 0 Å². The average Bonchev–Trinajstić information content (AvgIpc) is 2.48. The summed E-state index contributed by atoms with van der Waals surface area (Å²) in [4.78, 5) is 0. The number of aliphatic hydroxyl groups is 1. The molecule has 20 heavy (non-hydrogen) atoms. The summed E-state index contributed by atoms with van der Waals surface area (Å²) in [6.45, 7) is 1.87. The van der Waals surface area contributed by atoms with Crippen LogP contribution in [0.5, 0.6) is 0 Å². The number of benzene rings is 1. The second-order valence-corrected chi connectivity index (χ2v) is 4.05. The Balaban J connectivity index is 3.51. The maximum Gasteiger partial charge on any atom is 0.160 e. The molecule has 1 aromatic rings. The Morgan fingerprint density at radius 3 is 1.65 bits per heavy atom. The van der Waals surface area contributed by atoms with E-state index < -0.39 is 11.8 Å². The molecule has 0 aliphatic rings. The SMILES string of the molecule is Cc1ccc(C(O)=C(C(C#N)C#N)C(C#N)C#N)cc1. The third-order valence-corrected chi connectivity index (χ3v) is 2.74. The van der Waals surface area contributed by atoms with Gasteiger partial charge in [-0.15, -0.1) is 0 Å². The van der Waals surface area contributed by atoms with Crippen molar-refractivity contribution in [3.8, 4) is 24.3 Å². The monoisotopic (exact) mass is 262 g/mol. The van der Waals surface area contributed by atoms with Gasteiger partial charge in [0.15, 0.2) is 11.8 Å². The van der Waals surface area contributed by atoms with Gasteiger partial charge in [0.2, 0.25) is 0 Å². The number of allylic oxidation sites excluding steroid dienone is 1. The predicted molar refractivity (Wildman–Crippen MR) is 70.2 cm³/mol. The van der Waals surface area contributed by atoms with E-state index in [0.29, 0.717) is 5.56 Å². The van der Waals surface area contributed by atoms with Crippen LogP contribution in [0.1, 0.15) is 11.1 Å². The molecule has 0 saturated carbocycles. The Morgan fingerprint density at radius 2 is 1.30 bits per heavy atom. The van der Waals surface area contributed by atoms with E-state index in [1.165, 1.54) is 0 Å². The second-order valence-electron chi connectivity index (χ2n) is 4.05. The molecular formula is C15H10N4O. The molecule has 0 atom stereocenters. The standard InChI is InChI=1S/C15H10N4O/c1-10-2-4-11(5-3-10)15(20)14(12(6-16)7-17)13(8-18)9-19/h2-5,12-13,20H,1H3. The first-order valence-electron chi connectivity index (χ1n) is 5.67. The van der Waals surface area contributed by atoms with Crippen LogP contribution < -0.4 is 0 Å². The first kappa shape index (κ1) is 14.8. The molecule has 0 saturated heterocycles. The average molecular weight is 262 g/mol. The molecular weight excluding hydrogens is 252 g/mol. The number of aliphatic hydroxyl groups excluding tert-OH is 1. The van der Waals surface area contributed by atoms with E-state index in [4.69, 9.17) is 21.0 Å².